The quantitative estimate of drug-likeness (QED) is 0.0354. The summed E-state index contributed by atoms with van der Waals surface area (Å²) in [4.78, 5) is 104. The van der Waals surface area contributed by atoms with Crippen molar-refractivity contribution >= 4 is 71.2 Å². The lowest BCUT2D eigenvalue weighted by Crippen LogP contribution is -2.64. The monoisotopic (exact) mass is 1160 g/mol. The molecule has 0 bridgehead atoms. The predicted octanol–water partition coefficient (Wildman–Crippen LogP) is 3.74. The minimum atomic E-state index is -1.22. The number of pyridine rings is 1. The van der Waals surface area contributed by atoms with E-state index in [-0.39, 0.29) is 73.8 Å². The highest BCUT2D eigenvalue weighted by atomic mass is 32.2. The topological polar surface area (TPSA) is 327 Å². The minimum Gasteiger partial charge on any atom is -0.400 e. The highest BCUT2D eigenvalue weighted by Gasteiger charge is 2.43. The number of piperidine rings is 1. The van der Waals surface area contributed by atoms with E-state index in [1.165, 1.54) is 0 Å². The Hall–Kier alpha value is -4.39. The Kier molecular flexibility index (Phi) is 46.9. The maximum absolute atomic E-state index is 13.8. The Bertz CT molecular complexity index is 1840. The molecule has 0 spiro atoms. The van der Waals surface area contributed by atoms with E-state index in [9.17, 15) is 38.4 Å². The van der Waals surface area contributed by atoms with Gasteiger partial charge in [0.25, 0.3) is 0 Å². The van der Waals surface area contributed by atoms with Crippen LogP contribution in [0.4, 0.5) is 0 Å². The summed E-state index contributed by atoms with van der Waals surface area (Å²) >= 11 is 3.24. The first-order chi connectivity index (χ1) is 37.7. The summed E-state index contributed by atoms with van der Waals surface area (Å²) in [6, 6.07) is 4.29. The van der Waals surface area contributed by atoms with Gasteiger partial charge in [0.2, 0.25) is 41.4 Å². The zero-order valence-electron chi connectivity index (χ0n) is 49.6. The number of aliphatic hydroxyl groups excluding tert-OH is 2. The molecule has 2 aliphatic heterocycles. The molecule has 79 heavy (non-hydrogen) atoms. The van der Waals surface area contributed by atoms with Crippen LogP contribution in [-0.2, 0) is 54.6 Å². The van der Waals surface area contributed by atoms with Gasteiger partial charge in [-0.1, -0.05) is 73.8 Å². The van der Waals surface area contributed by atoms with Crippen molar-refractivity contribution in [2.24, 2.45) is 29.2 Å². The molecule has 3 heterocycles. The smallest absolute Gasteiger partial charge is 0.246 e. The number of ether oxygens (including phenoxy) is 1. The van der Waals surface area contributed by atoms with Crippen LogP contribution >= 0.6 is 23.5 Å². The van der Waals surface area contributed by atoms with E-state index in [2.05, 4.69) is 57.6 Å². The normalized spacial score (nSPS) is 15.0. The van der Waals surface area contributed by atoms with E-state index in [0.717, 1.165) is 82.3 Å². The molecule has 0 aliphatic carbocycles. The molecule has 7 amide bonds. The van der Waals surface area contributed by atoms with Gasteiger partial charge in [0.05, 0.1) is 17.9 Å². The third-order valence-electron chi connectivity index (χ3n) is 12.1. The molecule has 23 heteroatoms. The van der Waals surface area contributed by atoms with Gasteiger partial charge >= 0.3 is 0 Å². The second kappa shape index (κ2) is 48.3. The van der Waals surface area contributed by atoms with Crippen molar-refractivity contribution in [1.29, 1.82) is 0 Å². The van der Waals surface area contributed by atoms with Crippen LogP contribution in [0, 0.1) is 17.8 Å². The zero-order chi connectivity index (χ0) is 60.0. The van der Waals surface area contributed by atoms with Crippen LogP contribution in [0.2, 0.25) is 0 Å². The second-order valence-corrected chi connectivity index (χ2v) is 23.0. The number of hydrogen-bond acceptors (Lipinski definition) is 16. The van der Waals surface area contributed by atoms with E-state index in [0.29, 0.717) is 81.4 Å². The van der Waals surface area contributed by atoms with Crippen molar-refractivity contribution in [3.05, 3.63) is 29.6 Å². The number of nitrogens with two attached hydrogens (primary N) is 2. The van der Waals surface area contributed by atoms with Gasteiger partial charge in [-0.05, 0) is 82.5 Å². The van der Waals surface area contributed by atoms with Gasteiger partial charge in [-0.3, -0.25) is 43.4 Å². The number of carbonyl (C=O) groups excluding carboxylic acids is 8. The number of unbranched alkanes of at least 4 members (excludes halogenated alkanes) is 3. The Labute approximate surface area is 481 Å². The molecule has 2 aliphatic rings. The van der Waals surface area contributed by atoms with Crippen LogP contribution in [-0.4, -0.2) is 170 Å². The van der Waals surface area contributed by atoms with Gasteiger partial charge in [0.15, 0.2) is 0 Å². The highest BCUT2D eigenvalue weighted by Crippen LogP contribution is 2.24. The lowest BCUT2D eigenvalue weighted by molar-refractivity contribution is -0.140. The van der Waals surface area contributed by atoms with Gasteiger partial charge in [-0.2, -0.15) is 23.5 Å². The molecule has 21 nitrogen and oxygen atoms in total. The van der Waals surface area contributed by atoms with E-state index < -0.39 is 35.3 Å². The van der Waals surface area contributed by atoms with Crippen LogP contribution in [0.5, 0.6) is 0 Å². The average molecular weight is 1160 g/mol. The number of carbonyl (C=O) groups is 8. The first-order valence-electron chi connectivity index (χ1n) is 28.2. The molecule has 0 aromatic carbocycles. The van der Waals surface area contributed by atoms with Crippen LogP contribution in [0.3, 0.4) is 0 Å². The lowest BCUT2D eigenvalue weighted by Gasteiger charge is -2.38. The number of rotatable bonds is 33. The summed E-state index contributed by atoms with van der Waals surface area (Å²) in [7, 11) is 4.75. The first kappa shape index (κ1) is 76.7. The second-order valence-electron chi connectivity index (χ2n) is 20.7. The molecule has 1 aromatic rings. The molecule has 2 fully saturated rings. The molecular formula is C56H104N10O11S2. The molecule has 3 atom stereocenters. The van der Waals surface area contributed by atoms with Gasteiger partial charge in [-0.15, -0.1) is 0 Å². The summed E-state index contributed by atoms with van der Waals surface area (Å²) in [5.41, 5.74) is 11.1. The van der Waals surface area contributed by atoms with Crippen molar-refractivity contribution in [2.45, 2.75) is 180 Å². The van der Waals surface area contributed by atoms with Crippen LogP contribution in [0.1, 0.15) is 156 Å². The number of aldehydes is 1. The molecule has 12 N–H and O–H groups in total. The number of nitrogens with zero attached hydrogens (tertiary/aromatic N) is 2. The van der Waals surface area contributed by atoms with Crippen molar-refractivity contribution < 1.29 is 53.3 Å². The van der Waals surface area contributed by atoms with Crippen LogP contribution in [0.25, 0.3) is 0 Å². The fourth-order valence-electron chi connectivity index (χ4n) is 7.81. The summed E-state index contributed by atoms with van der Waals surface area (Å²) in [5, 5.41) is 32.8. The Balaban J connectivity index is 0. The largest absolute Gasteiger partial charge is 0.400 e. The molecule has 2 saturated heterocycles. The van der Waals surface area contributed by atoms with E-state index in [1.54, 1.807) is 23.5 Å². The van der Waals surface area contributed by atoms with Gasteiger partial charge < -0.3 is 63.1 Å². The van der Waals surface area contributed by atoms with Crippen molar-refractivity contribution in [3.8, 4) is 0 Å². The number of amides is 7. The Morgan fingerprint density at radius 2 is 1.37 bits per heavy atom. The van der Waals surface area contributed by atoms with E-state index in [4.69, 9.17) is 31.4 Å². The number of nitrogens with one attached hydrogen (secondary N) is 6. The first-order valence-corrected chi connectivity index (χ1v) is 30.5. The maximum atomic E-state index is 13.8. The van der Waals surface area contributed by atoms with Crippen LogP contribution in [0.15, 0.2) is 18.2 Å². The van der Waals surface area contributed by atoms with Crippen LogP contribution < -0.4 is 43.4 Å². The molecular weight excluding hydrogens is 1050 g/mol. The number of hydrogen-bond donors (Lipinski definition) is 10. The molecule has 3 rings (SSSR count). The van der Waals surface area contributed by atoms with Crippen molar-refractivity contribution in [1.82, 2.24) is 41.8 Å². The summed E-state index contributed by atoms with van der Waals surface area (Å²) in [6.45, 7) is 17.7. The molecule has 0 unspecified atom stereocenters. The number of likely N-dealkylation sites (tertiary alicyclic amines) is 1. The number of aromatic nitrogens is 1. The number of aliphatic hydroxyl groups is 2. The summed E-state index contributed by atoms with van der Waals surface area (Å²) in [5.74, 6) is 1.09. The summed E-state index contributed by atoms with van der Waals surface area (Å²) in [6.07, 6.45) is 9.72. The SMILES string of the molecule is CC(C)C.CC[C@H](C)[C@H](NC(=O)[C@H](CC(C)C)NC(=O)C1(NC(=O)CCSCc2cccc(CSCCC(=O)NC3CCN(CC=O)CC3)n2)CCOCC1)C(N)=O.CNC.CO.NC(=O)CCCC(=O)NCCCCCCO. The molecule has 0 saturated carbocycles. The lowest BCUT2D eigenvalue weighted by atomic mass is 9.87. The average Bonchev–Trinajstić information content (AvgIpc) is 3.41. The standard InChI is InChI=1S/C38H61N7O7S2.C11H22N2O3.C4H10.C2H7N.CH4O/c1-5-27(4)34(35(39)49)43-36(50)31(23-26(2)3)42-37(51)38(13-19-52-20-14-38)44-33(48)12-22-54-25-30-8-6-7-29(40-30)24-53-21-11-32(47)41-28-9-15-45(16-10-28)17-18-46;12-10(15)6-5-7-11(16)13-8-3-1-2-4-9-14;1-4(2)3;1-3-2;1-2/h6-8,18,26-28,31,34H,5,9-17,19-25H2,1-4H3,(H2,39,49)(H,41,47)(H,42,51)(H,43,50)(H,44,48);14H,1-9H2,(H2,12,15)(H,13,16);4H,1-3H3;3H,1-2H3;2H,1H3/t27-,31-,34-;;;;/m0..../s1. The maximum Gasteiger partial charge on any atom is 0.246 e. The molecule has 1 aromatic heterocycles. The third kappa shape index (κ3) is 39.6. The highest BCUT2D eigenvalue weighted by molar-refractivity contribution is 7.98. The Morgan fingerprint density at radius 3 is 1.87 bits per heavy atom. The molecule has 456 valence electrons. The van der Waals surface area contributed by atoms with Gasteiger partial charge in [0, 0.05) is 114 Å². The number of primary amides is 2. The third-order valence-corrected chi connectivity index (χ3v) is 14.1. The predicted molar refractivity (Wildman–Crippen MR) is 318 cm³/mol. The zero-order valence-corrected chi connectivity index (χ0v) is 51.2. The minimum absolute atomic E-state index is 0.0246. The molecule has 0 radical (unpaired) electrons. The Morgan fingerprint density at radius 1 is 0.810 bits per heavy atom. The fraction of sp³-hybridized carbons (Fsp3) is 0.768. The van der Waals surface area contributed by atoms with E-state index in [1.807, 2.05) is 60.0 Å². The van der Waals surface area contributed by atoms with E-state index >= 15 is 0 Å². The van der Waals surface area contributed by atoms with Crippen molar-refractivity contribution in [2.75, 3.05) is 78.7 Å². The fourth-order valence-corrected chi connectivity index (χ4v) is 9.50. The number of thioether (sulfide) groups is 2. The van der Waals surface area contributed by atoms with Gasteiger partial charge in [-0.25, -0.2) is 0 Å². The van der Waals surface area contributed by atoms with Crippen molar-refractivity contribution in [3.63, 3.8) is 0 Å². The van der Waals surface area contributed by atoms with Gasteiger partial charge in [0.1, 0.15) is 23.9 Å². The summed E-state index contributed by atoms with van der Waals surface area (Å²) < 4.78 is 5.53.